The molecule has 0 saturated carbocycles. The van der Waals surface area contributed by atoms with Crippen molar-refractivity contribution in [2.45, 2.75) is 0 Å². The number of anilines is 2. The third-order valence-corrected chi connectivity index (χ3v) is 2.49. The number of benzene rings is 1. The SMILES string of the molecule is O=C(O)COc1cccc(NC(=O)Nc2nnns2)c1. The Morgan fingerprint density at radius 3 is 2.90 bits per heavy atom. The van der Waals surface area contributed by atoms with Crippen LogP contribution < -0.4 is 15.4 Å². The molecule has 0 unspecified atom stereocenters. The largest absolute Gasteiger partial charge is 0.482 e. The minimum Gasteiger partial charge on any atom is -0.482 e. The fraction of sp³-hybridized carbons (Fsp3) is 0.100. The first kappa shape index (κ1) is 13.7. The van der Waals surface area contributed by atoms with Gasteiger partial charge in [0.15, 0.2) is 6.61 Å². The summed E-state index contributed by atoms with van der Waals surface area (Å²) in [5, 5.41) is 20.7. The van der Waals surface area contributed by atoms with Crippen LogP contribution >= 0.6 is 11.5 Å². The Balaban J connectivity index is 1.93. The van der Waals surface area contributed by atoms with Gasteiger partial charge in [-0.15, -0.1) is 0 Å². The van der Waals surface area contributed by atoms with E-state index in [-0.39, 0.29) is 5.13 Å². The minimum atomic E-state index is -1.08. The van der Waals surface area contributed by atoms with Crippen LogP contribution in [0.15, 0.2) is 24.3 Å². The number of carboxylic acid groups (broad SMARTS) is 1. The van der Waals surface area contributed by atoms with Crippen LogP contribution in [0.25, 0.3) is 0 Å². The molecule has 1 heterocycles. The zero-order valence-corrected chi connectivity index (χ0v) is 10.8. The van der Waals surface area contributed by atoms with Crippen LogP contribution in [0.4, 0.5) is 15.6 Å². The van der Waals surface area contributed by atoms with Gasteiger partial charge in [-0.05, 0) is 17.3 Å². The van der Waals surface area contributed by atoms with Crippen molar-refractivity contribution in [3.63, 3.8) is 0 Å². The molecule has 0 aliphatic heterocycles. The third-order valence-electron chi connectivity index (χ3n) is 1.97. The van der Waals surface area contributed by atoms with E-state index in [1.807, 2.05) is 0 Å². The number of hydrogen-bond acceptors (Lipinski definition) is 7. The van der Waals surface area contributed by atoms with Crippen molar-refractivity contribution in [3.05, 3.63) is 24.3 Å². The molecule has 9 nitrogen and oxygen atoms in total. The van der Waals surface area contributed by atoms with Gasteiger partial charge in [0.2, 0.25) is 5.13 Å². The number of aliphatic carboxylic acids is 1. The second-order valence-corrected chi connectivity index (χ2v) is 4.19. The van der Waals surface area contributed by atoms with E-state index in [0.29, 0.717) is 11.4 Å². The average molecular weight is 295 g/mol. The molecule has 2 amide bonds. The molecule has 0 atom stereocenters. The van der Waals surface area contributed by atoms with Gasteiger partial charge in [0.1, 0.15) is 5.75 Å². The van der Waals surface area contributed by atoms with Gasteiger partial charge in [-0.1, -0.05) is 15.7 Å². The fourth-order valence-corrected chi connectivity index (χ4v) is 1.61. The monoisotopic (exact) mass is 295 g/mol. The predicted octanol–water partition coefficient (Wildman–Crippen LogP) is 1.04. The number of urea groups is 1. The Labute approximate surface area is 116 Å². The molecular formula is C10H9N5O4S. The van der Waals surface area contributed by atoms with Crippen LogP contribution in [-0.2, 0) is 4.79 Å². The van der Waals surface area contributed by atoms with E-state index in [9.17, 15) is 9.59 Å². The highest BCUT2D eigenvalue weighted by Crippen LogP contribution is 2.17. The summed E-state index contributed by atoms with van der Waals surface area (Å²) in [6.45, 7) is -0.452. The zero-order valence-electron chi connectivity index (χ0n) is 9.94. The van der Waals surface area contributed by atoms with Crippen molar-refractivity contribution in [2.75, 3.05) is 17.2 Å². The van der Waals surface area contributed by atoms with Crippen LogP contribution in [0, 0.1) is 0 Å². The van der Waals surface area contributed by atoms with Crippen molar-refractivity contribution in [1.82, 2.24) is 14.8 Å². The first-order valence-electron chi connectivity index (χ1n) is 5.31. The first-order valence-corrected chi connectivity index (χ1v) is 6.08. The van der Waals surface area contributed by atoms with Crippen molar-refractivity contribution in [1.29, 1.82) is 0 Å². The van der Waals surface area contributed by atoms with Gasteiger partial charge in [-0.3, -0.25) is 5.32 Å². The molecular weight excluding hydrogens is 286 g/mol. The van der Waals surface area contributed by atoms with Gasteiger partial charge >= 0.3 is 12.0 Å². The number of nitrogens with one attached hydrogen (secondary N) is 2. The highest BCUT2D eigenvalue weighted by Gasteiger charge is 2.06. The van der Waals surface area contributed by atoms with Gasteiger partial charge < -0.3 is 15.2 Å². The number of nitrogens with zero attached hydrogens (tertiary/aromatic N) is 3. The smallest absolute Gasteiger partial charge is 0.341 e. The Morgan fingerprint density at radius 1 is 1.35 bits per heavy atom. The summed E-state index contributed by atoms with van der Waals surface area (Å²) < 4.78 is 8.49. The van der Waals surface area contributed by atoms with E-state index in [4.69, 9.17) is 9.84 Å². The van der Waals surface area contributed by atoms with Crippen LogP contribution in [0.2, 0.25) is 0 Å². The van der Waals surface area contributed by atoms with E-state index in [1.165, 1.54) is 6.07 Å². The van der Waals surface area contributed by atoms with Gasteiger partial charge in [0, 0.05) is 23.3 Å². The number of amides is 2. The molecule has 1 aromatic heterocycles. The topological polar surface area (TPSA) is 126 Å². The van der Waals surface area contributed by atoms with Crippen LogP contribution in [0.1, 0.15) is 0 Å². The van der Waals surface area contributed by atoms with E-state index in [2.05, 4.69) is 25.4 Å². The second-order valence-electron chi connectivity index (χ2n) is 3.46. The summed E-state index contributed by atoms with van der Waals surface area (Å²) in [4.78, 5) is 22.0. The molecule has 1 aromatic carbocycles. The average Bonchev–Trinajstić information content (AvgIpc) is 2.89. The molecule has 10 heteroatoms. The molecule has 0 fully saturated rings. The number of carbonyl (C=O) groups excluding carboxylic acids is 1. The summed E-state index contributed by atoms with van der Waals surface area (Å²) in [5.74, 6) is -0.743. The van der Waals surface area contributed by atoms with Gasteiger partial charge in [0.05, 0.1) is 0 Å². The predicted molar refractivity (Wildman–Crippen MR) is 69.9 cm³/mol. The maximum atomic E-state index is 11.6. The number of ether oxygens (including phenoxy) is 1. The van der Waals surface area contributed by atoms with Crippen LogP contribution in [0.3, 0.4) is 0 Å². The van der Waals surface area contributed by atoms with Crippen molar-refractivity contribution < 1.29 is 19.4 Å². The van der Waals surface area contributed by atoms with E-state index >= 15 is 0 Å². The molecule has 0 aliphatic carbocycles. The van der Waals surface area contributed by atoms with Crippen molar-refractivity contribution >= 4 is 34.4 Å². The summed E-state index contributed by atoms with van der Waals surface area (Å²) in [5.41, 5.74) is 0.447. The van der Waals surface area contributed by atoms with E-state index < -0.39 is 18.6 Å². The van der Waals surface area contributed by atoms with Crippen molar-refractivity contribution in [2.24, 2.45) is 0 Å². The Bertz CT molecular complexity index is 603. The normalized spacial score (nSPS) is 9.80. The Kier molecular flexibility index (Phi) is 4.39. The lowest BCUT2D eigenvalue weighted by Crippen LogP contribution is -2.19. The summed E-state index contributed by atoms with van der Waals surface area (Å²) in [6.07, 6.45) is 0. The first-order chi connectivity index (χ1) is 9.63. The van der Waals surface area contributed by atoms with Crippen LogP contribution in [0.5, 0.6) is 5.75 Å². The molecule has 20 heavy (non-hydrogen) atoms. The third kappa shape index (κ3) is 4.17. The van der Waals surface area contributed by atoms with E-state index in [0.717, 1.165) is 11.5 Å². The van der Waals surface area contributed by atoms with Gasteiger partial charge in [-0.25, -0.2) is 9.59 Å². The highest BCUT2D eigenvalue weighted by molar-refractivity contribution is 7.09. The van der Waals surface area contributed by atoms with Gasteiger partial charge in [0.25, 0.3) is 0 Å². The van der Waals surface area contributed by atoms with Gasteiger partial charge in [-0.2, -0.15) is 0 Å². The standard InChI is InChI=1S/C10H9N5O4S/c16-8(17)5-19-7-3-1-2-6(4-7)11-9(18)12-10-13-14-15-20-10/h1-4H,5H2,(H,16,17)(H2,11,12,13,15,18). The van der Waals surface area contributed by atoms with Crippen LogP contribution in [-0.4, -0.2) is 38.5 Å². The summed E-state index contributed by atoms with van der Waals surface area (Å²) in [7, 11) is 0. The fourth-order valence-electron chi connectivity index (χ4n) is 1.25. The maximum Gasteiger partial charge on any atom is 0.341 e. The van der Waals surface area contributed by atoms with E-state index in [1.54, 1.807) is 18.2 Å². The Hall–Kier alpha value is -2.75. The molecule has 2 aromatic rings. The minimum absolute atomic E-state index is 0.265. The zero-order chi connectivity index (χ0) is 14.4. The lowest BCUT2D eigenvalue weighted by atomic mass is 10.3. The molecule has 2 rings (SSSR count). The molecule has 104 valence electrons. The quantitative estimate of drug-likeness (QED) is 0.752. The molecule has 0 saturated heterocycles. The lowest BCUT2D eigenvalue weighted by molar-refractivity contribution is -0.139. The number of carboxylic acids is 1. The second kappa shape index (κ2) is 6.43. The van der Waals surface area contributed by atoms with Crippen molar-refractivity contribution in [3.8, 4) is 5.75 Å². The maximum absolute atomic E-state index is 11.6. The molecule has 0 spiro atoms. The number of rotatable bonds is 5. The molecule has 0 bridgehead atoms. The highest BCUT2D eigenvalue weighted by atomic mass is 32.1. The molecule has 0 aliphatic rings. The molecule has 3 N–H and O–H groups in total. The number of carbonyl (C=O) groups is 2. The number of hydrogen-bond donors (Lipinski definition) is 3. The lowest BCUT2D eigenvalue weighted by Gasteiger charge is -2.07. The number of aromatic nitrogens is 3. The molecule has 0 radical (unpaired) electrons. The Morgan fingerprint density at radius 2 is 2.20 bits per heavy atom. The summed E-state index contributed by atoms with van der Waals surface area (Å²) >= 11 is 0.942. The summed E-state index contributed by atoms with van der Waals surface area (Å²) in [6, 6.07) is 5.82.